The molecule has 0 atom stereocenters. The van der Waals surface area contributed by atoms with Crippen LogP contribution in [0.15, 0.2) is 22.7 Å². The molecule has 0 unspecified atom stereocenters. The second-order valence-electron chi connectivity index (χ2n) is 3.21. The van der Waals surface area contributed by atoms with E-state index < -0.39 is 0 Å². The minimum absolute atomic E-state index is 0.560. The lowest BCUT2D eigenvalue weighted by Gasteiger charge is -1.98. The topological polar surface area (TPSA) is 64.7 Å². The van der Waals surface area contributed by atoms with Gasteiger partial charge in [0.15, 0.2) is 4.34 Å². The van der Waals surface area contributed by atoms with Crippen molar-refractivity contribution < 1.29 is 0 Å². The summed E-state index contributed by atoms with van der Waals surface area (Å²) in [7, 11) is 0. The number of nitrogens with zero attached hydrogens (tertiary/aromatic N) is 3. The van der Waals surface area contributed by atoms with E-state index >= 15 is 0 Å². The van der Waals surface area contributed by atoms with Crippen LogP contribution in [0.4, 0.5) is 5.82 Å². The van der Waals surface area contributed by atoms with E-state index in [1.165, 1.54) is 11.5 Å². The van der Waals surface area contributed by atoms with Crippen molar-refractivity contribution in [3.63, 3.8) is 0 Å². The van der Waals surface area contributed by atoms with Crippen molar-refractivity contribution in [3.8, 4) is 0 Å². The van der Waals surface area contributed by atoms with Crippen LogP contribution < -0.4 is 5.73 Å². The lowest BCUT2D eigenvalue weighted by molar-refractivity contribution is 0.971. The minimum Gasteiger partial charge on any atom is -0.384 e. The second kappa shape index (κ2) is 5.27. The van der Waals surface area contributed by atoms with E-state index in [0.717, 1.165) is 27.9 Å². The summed E-state index contributed by atoms with van der Waals surface area (Å²) in [6.45, 7) is 2.06. The van der Waals surface area contributed by atoms with E-state index in [0.29, 0.717) is 5.82 Å². The van der Waals surface area contributed by atoms with Gasteiger partial charge < -0.3 is 5.73 Å². The number of nitrogen functional groups attached to an aromatic ring is 1. The Hall–Kier alpha value is -1.14. The molecular formula is C10H12N4S2. The number of pyridine rings is 1. The molecular weight excluding hydrogens is 240 g/mol. The van der Waals surface area contributed by atoms with E-state index in [2.05, 4.69) is 21.3 Å². The zero-order chi connectivity index (χ0) is 11.4. The third-order valence-corrected chi connectivity index (χ3v) is 3.92. The zero-order valence-corrected chi connectivity index (χ0v) is 10.5. The molecule has 2 rings (SSSR count). The number of aryl methyl sites for hydroxylation is 1. The van der Waals surface area contributed by atoms with Crippen LogP contribution in [0, 0.1) is 0 Å². The smallest absolute Gasteiger partial charge is 0.170 e. The first-order valence-electron chi connectivity index (χ1n) is 4.93. The predicted octanol–water partition coefficient (Wildman–Crippen LogP) is 2.37. The first-order chi connectivity index (χ1) is 7.78. The normalized spacial score (nSPS) is 10.6. The van der Waals surface area contributed by atoms with Crippen molar-refractivity contribution in [3.05, 3.63) is 29.7 Å². The van der Waals surface area contributed by atoms with Crippen LogP contribution in [-0.2, 0) is 12.2 Å². The third kappa shape index (κ3) is 2.93. The van der Waals surface area contributed by atoms with Crippen LogP contribution in [-0.4, -0.2) is 14.3 Å². The first-order valence-corrected chi connectivity index (χ1v) is 6.69. The van der Waals surface area contributed by atoms with Crippen molar-refractivity contribution in [1.29, 1.82) is 0 Å². The molecule has 0 saturated heterocycles. The minimum atomic E-state index is 0.560. The van der Waals surface area contributed by atoms with Gasteiger partial charge in [0.2, 0.25) is 0 Å². The van der Waals surface area contributed by atoms with Gasteiger partial charge in [-0.25, -0.2) is 9.97 Å². The maximum Gasteiger partial charge on any atom is 0.170 e. The Morgan fingerprint density at radius 3 is 3.06 bits per heavy atom. The summed E-state index contributed by atoms with van der Waals surface area (Å²) in [6.07, 6.45) is 2.61. The fraction of sp³-hybridized carbons (Fsp3) is 0.300. The Kier molecular flexibility index (Phi) is 3.74. The Bertz CT molecular complexity index is 469. The summed E-state index contributed by atoms with van der Waals surface area (Å²) in [4.78, 5) is 8.35. The van der Waals surface area contributed by atoms with Gasteiger partial charge in [-0.05, 0) is 29.2 Å². The van der Waals surface area contributed by atoms with Crippen molar-refractivity contribution in [1.82, 2.24) is 14.3 Å². The summed E-state index contributed by atoms with van der Waals surface area (Å²) in [5, 5.41) is 0. The molecule has 16 heavy (non-hydrogen) atoms. The Morgan fingerprint density at radius 2 is 2.38 bits per heavy atom. The van der Waals surface area contributed by atoms with Crippen LogP contribution in [0.5, 0.6) is 0 Å². The molecule has 0 aliphatic heterocycles. The van der Waals surface area contributed by atoms with Gasteiger partial charge in [-0.1, -0.05) is 18.7 Å². The van der Waals surface area contributed by atoms with Crippen LogP contribution in [0.25, 0.3) is 0 Å². The lowest BCUT2D eigenvalue weighted by Crippen LogP contribution is -1.90. The van der Waals surface area contributed by atoms with Gasteiger partial charge in [0.25, 0.3) is 0 Å². The van der Waals surface area contributed by atoms with Crippen molar-refractivity contribution in [2.75, 3.05) is 5.73 Å². The van der Waals surface area contributed by atoms with Gasteiger partial charge in [-0.15, -0.1) is 0 Å². The van der Waals surface area contributed by atoms with Crippen LogP contribution in [0.3, 0.4) is 0 Å². The standard InChI is InChI=1S/C10H12N4S2/c1-2-9-13-10(16-14-9)15-6-7-3-4-12-8(11)5-7/h3-5H,2,6H2,1H3,(H2,11,12). The summed E-state index contributed by atoms with van der Waals surface area (Å²) in [5.74, 6) is 2.33. The van der Waals surface area contributed by atoms with Gasteiger partial charge in [0, 0.05) is 18.4 Å². The molecule has 0 spiro atoms. The van der Waals surface area contributed by atoms with Crippen molar-refractivity contribution in [2.24, 2.45) is 0 Å². The van der Waals surface area contributed by atoms with Crippen LogP contribution in [0.2, 0.25) is 0 Å². The van der Waals surface area contributed by atoms with Crippen molar-refractivity contribution in [2.45, 2.75) is 23.4 Å². The van der Waals surface area contributed by atoms with Gasteiger partial charge in [-0.3, -0.25) is 0 Å². The predicted molar refractivity (Wildman–Crippen MR) is 67.5 cm³/mol. The molecule has 2 heterocycles. The van der Waals surface area contributed by atoms with E-state index in [1.54, 1.807) is 18.0 Å². The van der Waals surface area contributed by atoms with E-state index in [-0.39, 0.29) is 0 Å². The molecule has 0 bridgehead atoms. The highest BCUT2D eigenvalue weighted by atomic mass is 32.2. The molecule has 0 amide bonds. The molecule has 0 radical (unpaired) electrons. The average Bonchev–Trinajstić information content (AvgIpc) is 2.74. The molecule has 2 N–H and O–H groups in total. The maximum atomic E-state index is 5.61. The number of hydrogen-bond donors (Lipinski definition) is 1. The molecule has 0 aliphatic rings. The highest BCUT2D eigenvalue weighted by molar-refractivity contribution is 8.00. The largest absolute Gasteiger partial charge is 0.384 e. The summed E-state index contributed by atoms with van der Waals surface area (Å²) in [5.41, 5.74) is 6.77. The zero-order valence-electron chi connectivity index (χ0n) is 8.88. The molecule has 0 aliphatic carbocycles. The fourth-order valence-electron chi connectivity index (χ4n) is 1.17. The molecule has 2 aromatic heterocycles. The highest BCUT2D eigenvalue weighted by Crippen LogP contribution is 2.24. The molecule has 0 fully saturated rings. The molecule has 4 nitrogen and oxygen atoms in total. The molecule has 0 aromatic carbocycles. The van der Waals surface area contributed by atoms with Gasteiger partial charge in [0.1, 0.15) is 11.6 Å². The molecule has 6 heteroatoms. The lowest BCUT2D eigenvalue weighted by atomic mass is 10.3. The average molecular weight is 252 g/mol. The highest BCUT2D eigenvalue weighted by Gasteiger charge is 2.03. The monoisotopic (exact) mass is 252 g/mol. The third-order valence-electron chi connectivity index (χ3n) is 1.97. The Labute approximate surface area is 102 Å². The van der Waals surface area contributed by atoms with E-state index in [9.17, 15) is 0 Å². The fourth-order valence-corrected chi connectivity index (χ4v) is 2.81. The van der Waals surface area contributed by atoms with Gasteiger partial charge >= 0.3 is 0 Å². The van der Waals surface area contributed by atoms with Crippen LogP contribution >= 0.6 is 23.3 Å². The maximum absolute atomic E-state index is 5.61. The number of rotatable bonds is 4. The number of anilines is 1. The summed E-state index contributed by atoms with van der Waals surface area (Å²) >= 11 is 3.13. The summed E-state index contributed by atoms with van der Waals surface area (Å²) < 4.78 is 5.24. The van der Waals surface area contributed by atoms with Gasteiger partial charge in [-0.2, -0.15) is 4.37 Å². The quantitative estimate of drug-likeness (QED) is 0.846. The number of aromatic nitrogens is 3. The summed E-state index contributed by atoms with van der Waals surface area (Å²) in [6, 6.07) is 3.85. The SMILES string of the molecule is CCc1nsc(SCc2ccnc(N)c2)n1. The Morgan fingerprint density at radius 1 is 1.50 bits per heavy atom. The molecule has 84 valence electrons. The molecule has 2 aromatic rings. The number of thioether (sulfide) groups is 1. The van der Waals surface area contributed by atoms with Crippen molar-refractivity contribution >= 4 is 29.1 Å². The van der Waals surface area contributed by atoms with E-state index in [4.69, 9.17) is 5.73 Å². The number of nitrogens with two attached hydrogens (primary N) is 1. The van der Waals surface area contributed by atoms with Gasteiger partial charge in [0.05, 0.1) is 0 Å². The first kappa shape index (κ1) is 11.3. The second-order valence-corrected chi connectivity index (χ2v) is 5.18. The molecule has 0 saturated carbocycles. The number of hydrogen-bond acceptors (Lipinski definition) is 6. The Balaban J connectivity index is 1.96. The van der Waals surface area contributed by atoms with Crippen LogP contribution in [0.1, 0.15) is 18.3 Å². The van der Waals surface area contributed by atoms with E-state index in [1.807, 2.05) is 12.1 Å².